The number of nitrogens with one attached hydrogen (secondary N) is 1. The number of para-hydroxylation sites is 1. The van der Waals surface area contributed by atoms with Crippen LogP contribution in [0.2, 0.25) is 0 Å². The third kappa shape index (κ3) is 5.81. The molecule has 10 heteroatoms. The maximum Gasteiger partial charge on any atom is 0.234 e. The van der Waals surface area contributed by atoms with Gasteiger partial charge in [-0.2, -0.15) is 0 Å². The third-order valence-corrected chi connectivity index (χ3v) is 6.02. The molecule has 3 aromatic rings. The van der Waals surface area contributed by atoms with Gasteiger partial charge in [-0.15, -0.1) is 10.2 Å². The summed E-state index contributed by atoms with van der Waals surface area (Å²) in [6.45, 7) is 7.64. The van der Waals surface area contributed by atoms with E-state index in [-0.39, 0.29) is 11.7 Å². The summed E-state index contributed by atoms with van der Waals surface area (Å²) >= 11 is 1.34. The number of hydrogen-bond acceptors (Lipinski definition) is 8. The molecular weight excluding hydrogens is 454 g/mol. The molecule has 1 fully saturated rings. The SMILES string of the molecule is CCOc1ccc(OCC)c(NC(=O)CSc2nnc(N3CCOCC3)n2-c2ccccc2)c1. The van der Waals surface area contributed by atoms with Crippen molar-refractivity contribution in [2.24, 2.45) is 0 Å². The van der Waals surface area contributed by atoms with Gasteiger partial charge in [-0.05, 0) is 38.1 Å². The van der Waals surface area contributed by atoms with Gasteiger partial charge >= 0.3 is 0 Å². The number of rotatable bonds is 10. The molecule has 2 aromatic carbocycles. The molecule has 34 heavy (non-hydrogen) atoms. The third-order valence-electron chi connectivity index (χ3n) is 5.09. The van der Waals surface area contributed by atoms with Crippen molar-refractivity contribution in [2.45, 2.75) is 19.0 Å². The molecule has 2 heterocycles. The summed E-state index contributed by atoms with van der Waals surface area (Å²) in [5.41, 5.74) is 1.52. The van der Waals surface area contributed by atoms with Crippen molar-refractivity contribution in [1.29, 1.82) is 0 Å². The Balaban J connectivity index is 1.51. The van der Waals surface area contributed by atoms with Gasteiger partial charge in [0.1, 0.15) is 11.5 Å². The van der Waals surface area contributed by atoms with Gasteiger partial charge in [0.2, 0.25) is 11.9 Å². The Kier molecular flexibility index (Phi) is 8.26. The average molecular weight is 484 g/mol. The molecule has 1 aromatic heterocycles. The predicted octanol–water partition coefficient (Wildman–Crippen LogP) is 3.63. The van der Waals surface area contributed by atoms with Crippen molar-refractivity contribution in [3.05, 3.63) is 48.5 Å². The summed E-state index contributed by atoms with van der Waals surface area (Å²) in [5, 5.41) is 12.4. The zero-order chi connectivity index (χ0) is 23.8. The smallest absolute Gasteiger partial charge is 0.234 e. The molecule has 1 aliphatic rings. The van der Waals surface area contributed by atoms with Gasteiger partial charge in [0.25, 0.3) is 0 Å². The minimum Gasteiger partial charge on any atom is -0.494 e. The van der Waals surface area contributed by atoms with E-state index >= 15 is 0 Å². The minimum atomic E-state index is -0.171. The second-order valence-corrected chi connectivity index (χ2v) is 8.36. The van der Waals surface area contributed by atoms with Crippen molar-refractivity contribution in [1.82, 2.24) is 14.8 Å². The van der Waals surface area contributed by atoms with Crippen LogP contribution in [-0.2, 0) is 9.53 Å². The van der Waals surface area contributed by atoms with Crippen molar-refractivity contribution in [2.75, 3.05) is 55.5 Å². The van der Waals surface area contributed by atoms with Gasteiger partial charge in [0.05, 0.1) is 43.6 Å². The van der Waals surface area contributed by atoms with E-state index in [1.807, 2.05) is 54.8 Å². The summed E-state index contributed by atoms with van der Waals surface area (Å²) in [4.78, 5) is 15.0. The molecule has 4 rings (SSSR count). The van der Waals surface area contributed by atoms with E-state index in [0.717, 1.165) is 24.7 Å². The largest absolute Gasteiger partial charge is 0.494 e. The van der Waals surface area contributed by atoms with Crippen molar-refractivity contribution >= 4 is 29.3 Å². The molecule has 1 amide bonds. The lowest BCUT2D eigenvalue weighted by Gasteiger charge is -2.27. The molecule has 0 saturated carbocycles. The van der Waals surface area contributed by atoms with Gasteiger partial charge < -0.3 is 24.4 Å². The van der Waals surface area contributed by atoms with Gasteiger partial charge in [-0.3, -0.25) is 9.36 Å². The maximum absolute atomic E-state index is 12.9. The first-order valence-electron chi connectivity index (χ1n) is 11.4. The highest BCUT2D eigenvalue weighted by molar-refractivity contribution is 7.99. The summed E-state index contributed by atoms with van der Waals surface area (Å²) < 4.78 is 18.7. The molecule has 0 radical (unpaired) electrons. The zero-order valence-corrected chi connectivity index (χ0v) is 20.2. The Morgan fingerprint density at radius 1 is 1.06 bits per heavy atom. The summed E-state index contributed by atoms with van der Waals surface area (Å²) in [7, 11) is 0. The Morgan fingerprint density at radius 3 is 2.56 bits per heavy atom. The van der Waals surface area contributed by atoms with Crippen LogP contribution in [0.3, 0.4) is 0 Å². The molecular formula is C24H29N5O4S. The number of morpholine rings is 1. The Bertz CT molecular complexity index is 1090. The molecule has 0 unspecified atom stereocenters. The summed E-state index contributed by atoms with van der Waals surface area (Å²) in [6.07, 6.45) is 0. The fourth-order valence-corrected chi connectivity index (χ4v) is 4.33. The highest BCUT2D eigenvalue weighted by atomic mass is 32.2. The molecule has 0 spiro atoms. The number of anilines is 2. The van der Waals surface area contributed by atoms with Crippen molar-refractivity contribution < 1.29 is 19.0 Å². The maximum atomic E-state index is 12.9. The Morgan fingerprint density at radius 2 is 1.82 bits per heavy atom. The average Bonchev–Trinajstić information content (AvgIpc) is 3.30. The first kappa shape index (κ1) is 23.9. The van der Waals surface area contributed by atoms with Crippen LogP contribution >= 0.6 is 11.8 Å². The van der Waals surface area contributed by atoms with E-state index in [9.17, 15) is 4.79 Å². The summed E-state index contributed by atoms with van der Waals surface area (Å²) in [6, 6.07) is 15.3. The van der Waals surface area contributed by atoms with E-state index < -0.39 is 0 Å². The standard InChI is InChI=1S/C24H29N5O4S/c1-3-32-19-10-11-21(33-4-2)20(16-19)25-22(30)17-34-24-27-26-23(28-12-14-31-15-13-28)29(24)18-8-6-5-7-9-18/h5-11,16H,3-4,12-15,17H2,1-2H3,(H,25,30). The van der Waals surface area contributed by atoms with Crippen LogP contribution in [0.1, 0.15) is 13.8 Å². The first-order valence-corrected chi connectivity index (χ1v) is 12.3. The number of carbonyl (C=O) groups is 1. The number of amides is 1. The fourth-order valence-electron chi connectivity index (χ4n) is 3.59. The van der Waals surface area contributed by atoms with Crippen LogP contribution in [0.25, 0.3) is 5.69 Å². The second kappa shape index (κ2) is 11.8. The van der Waals surface area contributed by atoms with Crippen LogP contribution in [-0.4, -0.2) is 65.9 Å². The predicted molar refractivity (Wildman–Crippen MR) is 133 cm³/mol. The quantitative estimate of drug-likeness (QED) is 0.437. The minimum absolute atomic E-state index is 0.165. The number of carbonyl (C=O) groups excluding carboxylic acids is 1. The highest BCUT2D eigenvalue weighted by Crippen LogP contribution is 2.31. The van der Waals surface area contributed by atoms with E-state index in [1.54, 1.807) is 12.1 Å². The topological polar surface area (TPSA) is 90.7 Å². The van der Waals surface area contributed by atoms with Crippen LogP contribution in [0.5, 0.6) is 11.5 Å². The number of nitrogens with zero attached hydrogens (tertiary/aromatic N) is 4. The van der Waals surface area contributed by atoms with Crippen LogP contribution in [0.15, 0.2) is 53.7 Å². The molecule has 0 bridgehead atoms. The van der Waals surface area contributed by atoms with Crippen LogP contribution < -0.4 is 19.7 Å². The number of aromatic nitrogens is 3. The molecule has 1 aliphatic heterocycles. The van der Waals surface area contributed by atoms with Crippen LogP contribution in [0.4, 0.5) is 11.6 Å². The zero-order valence-electron chi connectivity index (χ0n) is 19.4. The van der Waals surface area contributed by atoms with E-state index in [1.165, 1.54) is 11.8 Å². The summed E-state index contributed by atoms with van der Waals surface area (Å²) in [5.74, 6) is 2.02. The Hall–Kier alpha value is -3.24. The molecule has 0 aliphatic carbocycles. The second-order valence-electron chi connectivity index (χ2n) is 7.41. The monoisotopic (exact) mass is 483 g/mol. The molecule has 1 saturated heterocycles. The lowest BCUT2D eigenvalue weighted by Crippen LogP contribution is -2.37. The lowest BCUT2D eigenvalue weighted by atomic mass is 10.2. The Labute approximate surface area is 203 Å². The van der Waals surface area contributed by atoms with Crippen molar-refractivity contribution in [3.8, 4) is 17.2 Å². The van der Waals surface area contributed by atoms with Gasteiger partial charge in [0.15, 0.2) is 5.16 Å². The first-order chi connectivity index (χ1) is 16.7. The number of ether oxygens (including phenoxy) is 3. The molecule has 9 nitrogen and oxygen atoms in total. The van der Waals surface area contributed by atoms with Crippen LogP contribution in [0, 0.1) is 0 Å². The van der Waals surface area contributed by atoms with E-state index in [4.69, 9.17) is 14.2 Å². The molecule has 0 atom stereocenters. The molecule has 180 valence electrons. The fraction of sp³-hybridized carbons (Fsp3) is 0.375. The normalized spacial score (nSPS) is 13.5. The van der Waals surface area contributed by atoms with Crippen molar-refractivity contribution in [3.63, 3.8) is 0 Å². The number of hydrogen-bond donors (Lipinski definition) is 1. The van der Waals surface area contributed by atoms with Gasteiger partial charge in [0, 0.05) is 19.2 Å². The van der Waals surface area contributed by atoms with E-state index in [0.29, 0.717) is 48.8 Å². The van der Waals surface area contributed by atoms with Gasteiger partial charge in [-0.25, -0.2) is 0 Å². The number of benzene rings is 2. The van der Waals surface area contributed by atoms with E-state index in [2.05, 4.69) is 20.4 Å². The van der Waals surface area contributed by atoms with Gasteiger partial charge in [-0.1, -0.05) is 30.0 Å². The lowest BCUT2D eigenvalue weighted by molar-refractivity contribution is -0.113. The molecule has 1 N–H and O–H groups in total. The highest BCUT2D eigenvalue weighted by Gasteiger charge is 2.22. The number of thioether (sulfide) groups is 1.